The van der Waals surface area contributed by atoms with Crippen molar-refractivity contribution >= 4 is 8.56 Å². The predicted molar refractivity (Wildman–Crippen MR) is 72.9 cm³/mol. The summed E-state index contributed by atoms with van der Waals surface area (Å²) in [6.07, 6.45) is 9.53. The Morgan fingerprint density at radius 2 is 1.53 bits per heavy atom. The van der Waals surface area contributed by atoms with Crippen molar-refractivity contribution in [1.29, 1.82) is 0 Å². The molecule has 0 amide bonds. The van der Waals surface area contributed by atoms with Crippen molar-refractivity contribution in [1.82, 2.24) is 0 Å². The summed E-state index contributed by atoms with van der Waals surface area (Å²) in [5.74, 6) is 0.807. The van der Waals surface area contributed by atoms with Crippen molar-refractivity contribution in [2.24, 2.45) is 5.92 Å². The maximum absolute atomic E-state index is 6.22. The molecule has 0 aliphatic heterocycles. The van der Waals surface area contributed by atoms with Gasteiger partial charge in [0.1, 0.15) is 0 Å². The normalized spacial score (nSPS) is 22.9. The summed E-state index contributed by atoms with van der Waals surface area (Å²) in [6.45, 7) is 5.85. The zero-order valence-electron chi connectivity index (χ0n) is 11.4. The van der Waals surface area contributed by atoms with E-state index in [9.17, 15) is 0 Å². The van der Waals surface area contributed by atoms with E-state index in [1.807, 2.05) is 0 Å². The molecule has 0 aromatic carbocycles. The zero-order chi connectivity index (χ0) is 12.1. The van der Waals surface area contributed by atoms with Crippen LogP contribution < -0.4 is 0 Å². The monoisotopic (exact) mass is 255 g/mol. The first-order valence-electron chi connectivity index (χ1n) is 7.44. The van der Waals surface area contributed by atoms with Crippen LogP contribution in [0, 0.1) is 12.0 Å². The van der Waals surface area contributed by atoms with Gasteiger partial charge in [-0.25, -0.2) is 0 Å². The molecular weight excluding hydrogens is 228 g/mol. The van der Waals surface area contributed by atoms with Crippen molar-refractivity contribution < 1.29 is 8.85 Å². The van der Waals surface area contributed by atoms with Crippen LogP contribution in [0.15, 0.2) is 0 Å². The Morgan fingerprint density at radius 3 is 2.00 bits per heavy atom. The number of hydrogen-bond acceptors (Lipinski definition) is 2. The van der Waals surface area contributed by atoms with Gasteiger partial charge in [0.2, 0.25) is 0 Å². The van der Waals surface area contributed by atoms with E-state index in [-0.39, 0.29) is 0 Å². The SMILES string of the molecule is CCO[Si]([CH]C1CC1)(OCC)C1CCCCC1. The van der Waals surface area contributed by atoms with E-state index in [0.717, 1.165) is 24.7 Å². The minimum atomic E-state index is -2.02. The molecule has 0 aromatic rings. The molecule has 0 bridgehead atoms. The van der Waals surface area contributed by atoms with Crippen LogP contribution in [0.2, 0.25) is 5.54 Å². The molecule has 1 radical (unpaired) electrons. The first-order valence-corrected chi connectivity index (χ1v) is 9.41. The van der Waals surface area contributed by atoms with Gasteiger partial charge in [0.05, 0.1) is 0 Å². The fourth-order valence-corrected chi connectivity index (χ4v) is 7.18. The largest absolute Gasteiger partial charge is 0.394 e. The lowest BCUT2D eigenvalue weighted by Crippen LogP contribution is -2.49. The lowest BCUT2D eigenvalue weighted by Gasteiger charge is -2.39. The fourth-order valence-electron chi connectivity index (χ4n) is 3.06. The van der Waals surface area contributed by atoms with Crippen LogP contribution >= 0.6 is 0 Å². The van der Waals surface area contributed by atoms with Gasteiger partial charge in [0.25, 0.3) is 0 Å². The van der Waals surface area contributed by atoms with Crippen molar-refractivity contribution in [3.63, 3.8) is 0 Å². The standard InChI is InChI=1S/C14H27O2Si/c1-3-15-17(16-4-2,12-13-10-11-13)14-8-6-5-7-9-14/h12-14H,3-11H2,1-2H3. The summed E-state index contributed by atoms with van der Waals surface area (Å²) in [5, 5.41) is 0. The molecule has 3 heteroatoms. The lowest BCUT2D eigenvalue weighted by molar-refractivity contribution is 0.170. The van der Waals surface area contributed by atoms with Gasteiger partial charge in [0.15, 0.2) is 0 Å². The van der Waals surface area contributed by atoms with E-state index < -0.39 is 8.56 Å². The number of hydrogen-bond donors (Lipinski definition) is 0. The van der Waals surface area contributed by atoms with Gasteiger partial charge in [0, 0.05) is 24.8 Å². The first-order chi connectivity index (χ1) is 8.30. The van der Waals surface area contributed by atoms with Crippen molar-refractivity contribution in [3.8, 4) is 0 Å². The zero-order valence-corrected chi connectivity index (χ0v) is 12.4. The molecular formula is C14H27O2Si. The molecule has 0 unspecified atom stereocenters. The average Bonchev–Trinajstić information content (AvgIpc) is 3.15. The second kappa shape index (κ2) is 6.35. The molecule has 0 atom stereocenters. The van der Waals surface area contributed by atoms with E-state index in [1.165, 1.54) is 44.9 Å². The van der Waals surface area contributed by atoms with Crippen molar-refractivity contribution in [2.75, 3.05) is 13.2 Å². The summed E-state index contributed by atoms with van der Waals surface area (Å²) in [4.78, 5) is 0. The Bertz CT molecular complexity index is 216. The minimum Gasteiger partial charge on any atom is -0.394 e. The van der Waals surface area contributed by atoms with Gasteiger partial charge >= 0.3 is 8.56 Å². The van der Waals surface area contributed by atoms with Crippen LogP contribution in [0.3, 0.4) is 0 Å². The molecule has 0 spiro atoms. The highest BCUT2D eigenvalue weighted by molar-refractivity contribution is 6.72. The molecule has 0 aromatic heterocycles. The number of rotatable bonds is 7. The van der Waals surface area contributed by atoms with Crippen molar-refractivity contribution in [2.45, 2.75) is 64.3 Å². The Kier molecular flexibility index (Phi) is 5.06. The van der Waals surface area contributed by atoms with Crippen LogP contribution in [0.1, 0.15) is 58.8 Å². The van der Waals surface area contributed by atoms with Gasteiger partial charge in [-0.1, -0.05) is 32.1 Å². The topological polar surface area (TPSA) is 18.5 Å². The van der Waals surface area contributed by atoms with Crippen LogP contribution in [-0.4, -0.2) is 21.8 Å². The summed E-state index contributed by atoms with van der Waals surface area (Å²) in [7, 11) is -2.02. The van der Waals surface area contributed by atoms with Crippen LogP contribution in [0.5, 0.6) is 0 Å². The summed E-state index contributed by atoms with van der Waals surface area (Å²) in [6, 6.07) is 2.52. The van der Waals surface area contributed by atoms with Crippen molar-refractivity contribution in [3.05, 3.63) is 6.04 Å². The molecule has 99 valence electrons. The molecule has 0 heterocycles. The first kappa shape index (κ1) is 13.6. The van der Waals surface area contributed by atoms with Gasteiger partial charge in [-0.3, -0.25) is 0 Å². The van der Waals surface area contributed by atoms with Gasteiger partial charge < -0.3 is 8.85 Å². The fraction of sp³-hybridized carbons (Fsp3) is 0.929. The molecule has 2 aliphatic carbocycles. The predicted octanol–water partition coefficient (Wildman–Crippen LogP) is 3.99. The summed E-state index contributed by atoms with van der Waals surface area (Å²) >= 11 is 0. The Balaban J connectivity index is 2.04. The van der Waals surface area contributed by atoms with Gasteiger partial charge in [-0.05, 0) is 32.6 Å². The third-order valence-corrected chi connectivity index (χ3v) is 8.14. The van der Waals surface area contributed by atoms with E-state index >= 15 is 0 Å². The van der Waals surface area contributed by atoms with E-state index in [1.54, 1.807) is 0 Å². The molecule has 2 fully saturated rings. The molecule has 2 nitrogen and oxygen atoms in total. The van der Waals surface area contributed by atoms with Crippen LogP contribution in [-0.2, 0) is 8.85 Å². The molecule has 0 saturated heterocycles. The maximum atomic E-state index is 6.22. The van der Waals surface area contributed by atoms with Crippen LogP contribution in [0.4, 0.5) is 0 Å². The lowest BCUT2D eigenvalue weighted by atomic mass is 10.0. The van der Waals surface area contributed by atoms with Gasteiger partial charge in [-0.15, -0.1) is 0 Å². The molecule has 17 heavy (non-hydrogen) atoms. The molecule has 0 N–H and O–H groups in total. The smallest absolute Gasteiger partial charge is 0.345 e. The maximum Gasteiger partial charge on any atom is 0.345 e. The average molecular weight is 255 g/mol. The Labute approximate surface area is 107 Å². The highest BCUT2D eigenvalue weighted by Gasteiger charge is 2.49. The summed E-state index contributed by atoms with van der Waals surface area (Å²) < 4.78 is 12.4. The van der Waals surface area contributed by atoms with Gasteiger partial charge in [-0.2, -0.15) is 0 Å². The second-order valence-corrected chi connectivity index (χ2v) is 8.60. The Morgan fingerprint density at radius 1 is 0.941 bits per heavy atom. The summed E-state index contributed by atoms with van der Waals surface area (Å²) in [5.41, 5.74) is 0.719. The quantitative estimate of drug-likeness (QED) is 0.640. The highest BCUT2D eigenvalue weighted by atomic mass is 28.4. The second-order valence-electron chi connectivity index (χ2n) is 5.43. The minimum absolute atomic E-state index is 0.719. The molecule has 2 aliphatic rings. The Hall–Kier alpha value is 0.137. The van der Waals surface area contributed by atoms with Crippen LogP contribution in [0.25, 0.3) is 0 Å². The van der Waals surface area contributed by atoms with E-state index in [0.29, 0.717) is 0 Å². The van der Waals surface area contributed by atoms with E-state index in [2.05, 4.69) is 19.9 Å². The highest BCUT2D eigenvalue weighted by Crippen LogP contribution is 2.45. The van der Waals surface area contributed by atoms with E-state index in [4.69, 9.17) is 8.85 Å². The molecule has 2 rings (SSSR count). The molecule has 2 saturated carbocycles. The third-order valence-electron chi connectivity index (χ3n) is 4.00. The third kappa shape index (κ3) is 3.55.